The first kappa shape index (κ1) is 17.5. The second-order valence-corrected chi connectivity index (χ2v) is 7.50. The lowest BCUT2D eigenvalue weighted by molar-refractivity contribution is 0.0759. The van der Waals surface area contributed by atoms with Gasteiger partial charge < -0.3 is 9.88 Å². The van der Waals surface area contributed by atoms with E-state index in [9.17, 15) is 22.0 Å². The summed E-state index contributed by atoms with van der Waals surface area (Å²) >= 11 is 0. The van der Waals surface area contributed by atoms with Crippen molar-refractivity contribution in [1.82, 2.24) is 19.2 Å². The van der Waals surface area contributed by atoms with E-state index in [0.29, 0.717) is 12.5 Å². The number of H-pyrrole nitrogens is 1. The number of aromatic amines is 1. The Morgan fingerprint density at radius 2 is 1.96 bits per heavy atom. The number of carbonyl (C=O) groups excluding carboxylic acids is 1. The molecule has 7 nitrogen and oxygen atoms in total. The number of hydrogen-bond donors (Lipinski definition) is 1. The molecule has 1 aromatic carbocycles. The van der Waals surface area contributed by atoms with Crippen molar-refractivity contribution in [2.75, 3.05) is 26.2 Å². The molecule has 0 spiro atoms. The molecule has 2 heterocycles. The summed E-state index contributed by atoms with van der Waals surface area (Å²) in [6.07, 6.45) is 2.90. The van der Waals surface area contributed by atoms with Gasteiger partial charge >= 0.3 is 0 Å². The summed E-state index contributed by atoms with van der Waals surface area (Å²) in [4.78, 5) is 20.1. The molecule has 1 N–H and O–H groups in total. The number of halogens is 2. The molecule has 0 bridgehead atoms. The monoisotopic (exact) mass is 370 g/mol. The summed E-state index contributed by atoms with van der Waals surface area (Å²) in [6.45, 7) is 0.709. The van der Waals surface area contributed by atoms with Crippen molar-refractivity contribution in [3.8, 4) is 0 Å². The molecule has 1 aliphatic heterocycles. The van der Waals surface area contributed by atoms with Crippen LogP contribution in [0.5, 0.6) is 0 Å². The van der Waals surface area contributed by atoms with Crippen LogP contribution in [0.15, 0.2) is 35.7 Å². The van der Waals surface area contributed by atoms with E-state index < -0.39 is 27.6 Å². The molecule has 0 saturated carbocycles. The zero-order valence-electron chi connectivity index (χ0n) is 13.2. The van der Waals surface area contributed by atoms with E-state index in [2.05, 4.69) is 9.97 Å². The molecule has 1 saturated heterocycles. The average molecular weight is 370 g/mol. The van der Waals surface area contributed by atoms with Gasteiger partial charge in [0.25, 0.3) is 15.9 Å². The predicted molar refractivity (Wildman–Crippen MR) is 84.2 cm³/mol. The zero-order valence-corrected chi connectivity index (χ0v) is 14.0. The molecule has 0 atom stereocenters. The summed E-state index contributed by atoms with van der Waals surface area (Å²) in [5, 5.41) is -0.0168. The number of rotatable bonds is 3. The van der Waals surface area contributed by atoms with Crippen molar-refractivity contribution in [3.63, 3.8) is 0 Å². The van der Waals surface area contributed by atoms with E-state index in [1.807, 2.05) is 0 Å². The van der Waals surface area contributed by atoms with Gasteiger partial charge in [0.2, 0.25) is 0 Å². The Hall–Kier alpha value is -2.33. The summed E-state index contributed by atoms with van der Waals surface area (Å²) in [5.74, 6) is -2.28. The van der Waals surface area contributed by atoms with E-state index in [1.54, 1.807) is 0 Å². The third-order valence-corrected chi connectivity index (χ3v) is 5.82. The second kappa shape index (κ2) is 6.89. The van der Waals surface area contributed by atoms with Gasteiger partial charge in [0.15, 0.2) is 5.03 Å². The van der Waals surface area contributed by atoms with Crippen LogP contribution in [0.25, 0.3) is 0 Å². The largest absolute Gasteiger partial charge is 0.337 e. The van der Waals surface area contributed by atoms with Crippen LogP contribution in [-0.2, 0) is 10.0 Å². The predicted octanol–water partition coefficient (Wildman–Crippen LogP) is 1.22. The normalized spacial score (nSPS) is 16.6. The van der Waals surface area contributed by atoms with Gasteiger partial charge in [-0.1, -0.05) is 0 Å². The van der Waals surface area contributed by atoms with Gasteiger partial charge in [0.05, 0.1) is 18.1 Å². The Morgan fingerprint density at radius 1 is 1.16 bits per heavy atom. The molecule has 1 aromatic heterocycles. The molecular formula is C15H16F2N4O3S. The minimum absolute atomic E-state index is 0.0168. The average Bonchev–Trinajstić information content (AvgIpc) is 2.99. The highest BCUT2D eigenvalue weighted by molar-refractivity contribution is 7.89. The Kier molecular flexibility index (Phi) is 4.82. The lowest BCUT2D eigenvalue weighted by atomic mass is 10.1. The minimum atomic E-state index is -3.72. The van der Waals surface area contributed by atoms with Crippen molar-refractivity contribution in [1.29, 1.82) is 0 Å². The fourth-order valence-electron chi connectivity index (χ4n) is 2.69. The molecular weight excluding hydrogens is 354 g/mol. The number of benzene rings is 1. The number of amides is 1. The quantitative estimate of drug-likeness (QED) is 0.880. The number of nitrogens with zero attached hydrogens (tertiary/aromatic N) is 3. The summed E-state index contributed by atoms with van der Waals surface area (Å²) in [7, 11) is -3.72. The van der Waals surface area contributed by atoms with Gasteiger partial charge in [-0.05, 0) is 18.6 Å². The van der Waals surface area contributed by atoms with Crippen LogP contribution < -0.4 is 0 Å². The Morgan fingerprint density at radius 3 is 2.64 bits per heavy atom. The summed E-state index contributed by atoms with van der Waals surface area (Å²) < 4.78 is 53.0. The molecule has 2 aromatic rings. The van der Waals surface area contributed by atoms with Gasteiger partial charge in [-0.15, -0.1) is 0 Å². The minimum Gasteiger partial charge on any atom is -0.337 e. The van der Waals surface area contributed by atoms with E-state index in [4.69, 9.17) is 0 Å². The standard InChI is InChI=1S/C15H16F2N4O3S/c16-11-2-3-12(13(17)8-11)15(22)20-4-1-5-21(7-6-20)25(23,24)14-9-18-10-19-14/h2-3,8-10H,1,4-7H2,(H,18,19). The fraction of sp³-hybridized carbons (Fsp3) is 0.333. The Bertz CT molecular complexity index is 871. The molecule has 134 valence electrons. The maximum atomic E-state index is 13.8. The van der Waals surface area contributed by atoms with Crippen LogP contribution in [0.4, 0.5) is 8.78 Å². The van der Waals surface area contributed by atoms with Crippen molar-refractivity contribution < 1.29 is 22.0 Å². The lowest BCUT2D eigenvalue weighted by Gasteiger charge is -2.21. The fourth-order valence-corrected chi connectivity index (χ4v) is 4.06. The van der Waals surface area contributed by atoms with Crippen LogP contribution >= 0.6 is 0 Å². The van der Waals surface area contributed by atoms with Crippen molar-refractivity contribution >= 4 is 15.9 Å². The number of aromatic nitrogens is 2. The van der Waals surface area contributed by atoms with Gasteiger partial charge in [-0.3, -0.25) is 4.79 Å². The molecule has 0 unspecified atom stereocenters. The number of hydrogen-bond acceptors (Lipinski definition) is 4. The third-order valence-electron chi connectivity index (χ3n) is 3.99. The molecule has 10 heteroatoms. The van der Waals surface area contributed by atoms with Crippen LogP contribution in [-0.4, -0.2) is 59.7 Å². The SMILES string of the molecule is O=C(c1ccc(F)cc1F)N1CCCN(S(=O)(=O)c2cnc[nH]2)CC1. The highest BCUT2D eigenvalue weighted by atomic mass is 32.2. The van der Waals surface area contributed by atoms with E-state index >= 15 is 0 Å². The topological polar surface area (TPSA) is 86.4 Å². The smallest absolute Gasteiger partial charge is 0.260 e. The second-order valence-electron chi connectivity index (χ2n) is 5.59. The van der Waals surface area contributed by atoms with Crippen molar-refractivity contribution in [2.45, 2.75) is 11.4 Å². The summed E-state index contributed by atoms with van der Waals surface area (Å²) in [5.41, 5.74) is -0.230. The van der Waals surface area contributed by atoms with Gasteiger partial charge in [0, 0.05) is 32.2 Å². The number of nitrogens with one attached hydrogen (secondary N) is 1. The van der Waals surface area contributed by atoms with E-state index in [-0.39, 0.29) is 36.8 Å². The molecule has 1 aliphatic rings. The first-order chi connectivity index (χ1) is 11.9. The van der Waals surface area contributed by atoms with Crippen LogP contribution in [0, 0.1) is 11.6 Å². The number of carbonyl (C=O) groups is 1. The van der Waals surface area contributed by atoms with E-state index in [1.165, 1.54) is 21.7 Å². The van der Waals surface area contributed by atoms with Gasteiger partial charge in [0.1, 0.15) is 11.6 Å². The zero-order chi connectivity index (χ0) is 18.0. The maximum Gasteiger partial charge on any atom is 0.260 e. The molecule has 3 rings (SSSR count). The number of imidazole rings is 1. The molecule has 1 fully saturated rings. The molecule has 0 radical (unpaired) electrons. The van der Waals surface area contributed by atoms with Gasteiger partial charge in [-0.2, -0.15) is 4.31 Å². The van der Waals surface area contributed by atoms with Crippen LogP contribution in [0.1, 0.15) is 16.8 Å². The maximum absolute atomic E-state index is 13.8. The van der Waals surface area contributed by atoms with Crippen LogP contribution in [0.3, 0.4) is 0 Å². The summed E-state index contributed by atoms with van der Waals surface area (Å²) in [6, 6.07) is 2.76. The Balaban J connectivity index is 1.74. The van der Waals surface area contributed by atoms with E-state index in [0.717, 1.165) is 12.1 Å². The lowest BCUT2D eigenvalue weighted by Crippen LogP contribution is -2.37. The third kappa shape index (κ3) is 3.54. The highest BCUT2D eigenvalue weighted by Crippen LogP contribution is 2.18. The first-order valence-electron chi connectivity index (χ1n) is 7.62. The Labute approximate surface area is 143 Å². The molecule has 1 amide bonds. The van der Waals surface area contributed by atoms with Crippen LogP contribution in [0.2, 0.25) is 0 Å². The van der Waals surface area contributed by atoms with Crippen molar-refractivity contribution in [3.05, 3.63) is 47.9 Å². The molecule has 0 aliphatic carbocycles. The first-order valence-corrected chi connectivity index (χ1v) is 9.06. The molecule has 25 heavy (non-hydrogen) atoms. The van der Waals surface area contributed by atoms with Gasteiger partial charge in [-0.25, -0.2) is 22.2 Å². The highest BCUT2D eigenvalue weighted by Gasteiger charge is 2.30. The van der Waals surface area contributed by atoms with Crippen molar-refractivity contribution in [2.24, 2.45) is 0 Å². The number of sulfonamides is 1.